The first kappa shape index (κ1) is 38.7. The van der Waals surface area contributed by atoms with E-state index in [0.29, 0.717) is 5.78 Å². The van der Waals surface area contributed by atoms with Crippen LogP contribution in [0, 0.1) is 0 Å². The quantitative estimate of drug-likeness (QED) is 0.0720. The molecule has 0 aromatic heterocycles. The first-order valence-electron chi connectivity index (χ1n) is 18.8. The highest BCUT2D eigenvalue weighted by Crippen LogP contribution is 2.16. The monoisotopic (exact) mass is 549 g/mol. The van der Waals surface area contributed by atoms with Crippen molar-refractivity contribution in [3.05, 3.63) is 0 Å². The van der Waals surface area contributed by atoms with E-state index in [4.69, 9.17) is 0 Å². The molecule has 0 rings (SSSR count). The van der Waals surface area contributed by atoms with Gasteiger partial charge in [0.15, 0.2) is 0 Å². The topological polar surface area (TPSA) is 17.1 Å². The van der Waals surface area contributed by atoms with Crippen molar-refractivity contribution < 1.29 is 4.79 Å². The molecule has 0 N–H and O–H groups in total. The van der Waals surface area contributed by atoms with Gasteiger partial charge in [-0.2, -0.15) is 0 Å². The Kier molecular flexibility index (Phi) is 35.4. The second kappa shape index (κ2) is 35.7. The van der Waals surface area contributed by atoms with Crippen molar-refractivity contribution in [2.75, 3.05) is 0 Å². The number of carbonyl (C=O) groups excluding carboxylic acids is 1. The molecule has 0 radical (unpaired) electrons. The van der Waals surface area contributed by atoms with Gasteiger partial charge in [-0.3, -0.25) is 4.79 Å². The Morgan fingerprint density at radius 2 is 0.410 bits per heavy atom. The molecule has 0 unspecified atom stereocenters. The lowest BCUT2D eigenvalue weighted by Crippen LogP contribution is -1.97. The predicted molar refractivity (Wildman–Crippen MR) is 178 cm³/mol. The molecule has 0 aliphatic heterocycles. The zero-order valence-corrected chi connectivity index (χ0v) is 27.7. The van der Waals surface area contributed by atoms with Crippen LogP contribution in [0.1, 0.15) is 239 Å². The summed E-state index contributed by atoms with van der Waals surface area (Å²) >= 11 is 0. The van der Waals surface area contributed by atoms with E-state index >= 15 is 0 Å². The maximum absolute atomic E-state index is 12.2. The number of rotatable bonds is 35. The largest absolute Gasteiger partial charge is 0.300 e. The Balaban J connectivity index is 3.14. The molecule has 0 heterocycles. The number of ketones is 1. The lowest BCUT2D eigenvalue weighted by molar-refractivity contribution is -0.119. The van der Waals surface area contributed by atoms with Gasteiger partial charge in [0, 0.05) is 12.8 Å². The molecule has 1 nitrogen and oxygen atoms in total. The van der Waals surface area contributed by atoms with Gasteiger partial charge in [-0.15, -0.1) is 0 Å². The van der Waals surface area contributed by atoms with Gasteiger partial charge >= 0.3 is 0 Å². The number of Topliss-reactive ketones (excluding diaryl/α,β-unsaturated/α-hetero) is 1. The molecule has 0 fully saturated rings. The van der Waals surface area contributed by atoms with Crippen LogP contribution in [-0.4, -0.2) is 5.78 Å². The van der Waals surface area contributed by atoms with Crippen LogP contribution in [0.25, 0.3) is 0 Å². The molecule has 0 aliphatic carbocycles. The van der Waals surface area contributed by atoms with Crippen LogP contribution in [0.2, 0.25) is 0 Å². The second-order valence-electron chi connectivity index (χ2n) is 13.0. The molecule has 0 saturated heterocycles. The van der Waals surface area contributed by atoms with Gasteiger partial charge in [0.1, 0.15) is 5.78 Å². The Labute approximate surface area is 248 Å². The average Bonchev–Trinajstić information content (AvgIpc) is 2.94. The lowest BCUT2D eigenvalue weighted by Gasteiger charge is -2.04. The zero-order valence-electron chi connectivity index (χ0n) is 27.7. The predicted octanol–water partition coefficient (Wildman–Crippen LogP) is 14.2. The molecule has 0 amide bonds. The van der Waals surface area contributed by atoms with Gasteiger partial charge in [-0.1, -0.05) is 213 Å². The van der Waals surface area contributed by atoms with Crippen LogP contribution >= 0.6 is 0 Å². The average molecular weight is 549 g/mol. The van der Waals surface area contributed by atoms with Gasteiger partial charge in [-0.25, -0.2) is 0 Å². The van der Waals surface area contributed by atoms with Gasteiger partial charge in [-0.05, 0) is 12.8 Å². The summed E-state index contributed by atoms with van der Waals surface area (Å²) in [7, 11) is 0. The van der Waals surface area contributed by atoms with Crippen molar-refractivity contribution in [3.63, 3.8) is 0 Å². The summed E-state index contributed by atoms with van der Waals surface area (Å²) in [6, 6.07) is 0. The molecular formula is C38H76O. The summed E-state index contributed by atoms with van der Waals surface area (Å²) in [4.78, 5) is 12.2. The third-order valence-corrected chi connectivity index (χ3v) is 8.87. The van der Waals surface area contributed by atoms with Crippen molar-refractivity contribution in [2.24, 2.45) is 0 Å². The standard InChI is InChI=1S/C38H76O/c1-3-5-7-9-11-13-15-17-19-21-23-25-27-29-31-33-35-37-38(39)36-34-32-30-28-26-24-22-20-18-16-14-12-10-8-6-4-2/h3-37H2,1-2H3. The highest BCUT2D eigenvalue weighted by atomic mass is 16.1. The van der Waals surface area contributed by atoms with E-state index in [0.717, 1.165) is 25.7 Å². The number of hydrogen-bond donors (Lipinski definition) is 0. The van der Waals surface area contributed by atoms with Gasteiger partial charge < -0.3 is 0 Å². The minimum absolute atomic E-state index is 0.529. The van der Waals surface area contributed by atoms with E-state index in [1.165, 1.54) is 199 Å². The minimum atomic E-state index is 0.529. The summed E-state index contributed by atoms with van der Waals surface area (Å²) in [5.74, 6) is 0.529. The molecule has 1 heteroatoms. The van der Waals surface area contributed by atoms with Crippen molar-refractivity contribution >= 4 is 5.78 Å². The van der Waals surface area contributed by atoms with E-state index < -0.39 is 0 Å². The van der Waals surface area contributed by atoms with Crippen LogP contribution in [0.15, 0.2) is 0 Å². The van der Waals surface area contributed by atoms with Crippen LogP contribution in [0.3, 0.4) is 0 Å². The Morgan fingerprint density at radius 3 is 0.590 bits per heavy atom. The van der Waals surface area contributed by atoms with E-state index in [2.05, 4.69) is 13.8 Å². The molecule has 0 aromatic rings. The molecule has 0 atom stereocenters. The third-order valence-electron chi connectivity index (χ3n) is 8.87. The highest BCUT2D eigenvalue weighted by Gasteiger charge is 2.02. The summed E-state index contributed by atoms with van der Waals surface area (Å²) in [5, 5.41) is 0. The summed E-state index contributed by atoms with van der Waals surface area (Å²) in [6.07, 6.45) is 47.9. The van der Waals surface area contributed by atoms with Crippen LogP contribution in [0.4, 0.5) is 0 Å². The molecule has 0 saturated carbocycles. The zero-order chi connectivity index (χ0) is 28.3. The molecule has 0 spiro atoms. The van der Waals surface area contributed by atoms with Crippen molar-refractivity contribution in [3.8, 4) is 0 Å². The smallest absolute Gasteiger partial charge is 0.132 e. The fraction of sp³-hybridized carbons (Fsp3) is 0.974. The first-order chi connectivity index (χ1) is 19.3. The maximum Gasteiger partial charge on any atom is 0.132 e. The number of carbonyl (C=O) groups is 1. The summed E-state index contributed by atoms with van der Waals surface area (Å²) in [5.41, 5.74) is 0. The maximum atomic E-state index is 12.2. The van der Waals surface area contributed by atoms with E-state index in [9.17, 15) is 4.79 Å². The molecule has 0 aliphatic rings. The highest BCUT2D eigenvalue weighted by molar-refractivity contribution is 5.78. The van der Waals surface area contributed by atoms with E-state index in [1.54, 1.807) is 0 Å². The minimum Gasteiger partial charge on any atom is -0.300 e. The van der Waals surface area contributed by atoms with Crippen molar-refractivity contribution in [2.45, 2.75) is 239 Å². The van der Waals surface area contributed by atoms with Crippen LogP contribution in [-0.2, 0) is 4.79 Å². The fourth-order valence-electron chi connectivity index (χ4n) is 6.04. The second-order valence-corrected chi connectivity index (χ2v) is 13.0. The van der Waals surface area contributed by atoms with Crippen molar-refractivity contribution in [1.82, 2.24) is 0 Å². The van der Waals surface area contributed by atoms with Gasteiger partial charge in [0.2, 0.25) is 0 Å². The Hall–Kier alpha value is -0.330. The van der Waals surface area contributed by atoms with Crippen LogP contribution < -0.4 is 0 Å². The molecule has 39 heavy (non-hydrogen) atoms. The lowest BCUT2D eigenvalue weighted by atomic mass is 10.0. The third kappa shape index (κ3) is 35.6. The first-order valence-corrected chi connectivity index (χ1v) is 18.8. The normalized spacial score (nSPS) is 11.4. The van der Waals surface area contributed by atoms with E-state index in [1.807, 2.05) is 0 Å². The van der Waals surface area contributed by atoms with Gasteiger partial charge in [0.25, 0.3) is 0 Å². The Morgan fingerprint density at radius 1 is 0.256 bits per heavy atom. The number of hydrogen-bond acceptors (Lipinski definition) is 1. The van der Waals surface area contributed by atoms with Crippen LogP contribution in [0.5, 0.6) is 0 Å². The van der Waals surface area contributed by atoms with E-state index in [-0.39, 0.29) is 0 Å². The molecule has 0 aromatic carbocycles. The summed E-state index contributed by atoms with van der Waals surface area (Å²) < 4.78 is 0. The summed E-state index contributed by atoms with van der Waals surface area (Å²) in [6.45, 7) is 4.59. The van der Waals surface area contributed by atoms with Gasteiger partial charge in [0.05, 0.1) is 0 Å². The van der Waals surface area contributed by atoms with Crippen molar-refractivity contribution in [1.29, 1.82) is 0 Å². The Bertz CT molecular complexity index is 442. The number of unbranched alkanes of at least 4 members (excludes halogenated alkanes) is 31. The molecule has 0 bridgehead atoms. The SMILES string of the molecule is CCCCCCCCCCCCCCCCCCCC(=O)CCCCCCCCCCCCCCCCCC. The fourth-order valence-corrected chi connectivity index (χ4v) is 6.04. The molecule has 234 valence electrons. The molecular weight excluding hydrogens is 472 g/mol.